The summed E-state index contributed by atoms with van der Waals surface area (Å²) in [4.78, 5) is 137. The van der Waals surface area contributed by atoms with E-state index < -0.39 is 29.5 Å². The Morgan fingerprint density at radius 2 is 0.634 bits per heavy atom. The average Bonchev–Trinajstić information content (AvgIpc) is 1.63. The first-order valence-electron chi connectivity index (χ1n) is 47.5. The van der Waals surface area contributed by atoms with E-state index >= 15 is 0 Å². The maximum atomic E-state index is 13.0. The molecular weight excluding hydrogens is 1840 g/mol. The Balaban J connectivity index is 0.000000120. The van der Waals surface area contributed by atoms with Crippen LogP contribution in [-0.4, -0.2) is 131 Å². The van der Waals surface area contributed by atoms with Gasteiger partial charge in [0.1, 0.15) is 51.2 Å². The number of carbonyl (C=O) groups excluding carboxylic acids is 6. The van der Waals surface area contributed by atoms with Crippen molar-refractivity contribution in [1.82, 2.24) is 78.5 Å². The van der Waals surface area contributed by atoms with Crippen molar-refractivity contribution in [3.05, 3.63) is 345 Å². The molecule has 2 aliphatic carbocycles. The van der Waals surface area contributed by atoms with Gasteiger partial charge in [0.2, 0.25) is 17.0 Å². The highest BCUT2D eigenvalue weighted by molar-refractivity contribution is 8.14. The zero-order valence-electron chi connectivity index (χ0n) is 80.4. The van der Waals surface area contributed by atoms with E-state index in [4.69, 9.17) is 65.2 Å². The third-order valence-electron chi connectivity index (χ3n) is 25.3. The SMILES string of the molecule is Cc1ccc(-c2nc(C(N)=O)c3c(n2)N(c2ccc(C)cc2)C(=N)C3)cc1.Cc1ccc(-c2nc(C(N)=O)c3c(n2)N(c2ccccc2)C(=N)C3)cc1.Cc1ccc(-c2nc(C(N)=O)c3nc(N)n(-c4ccccc4)c3n2)cc1.Cc1ccc(-c2nc(C(N)=O)c3nc(NC4CCCCC4)n(C4CCCCC4)c3n2)cc1.Cc1ccc(-c2nc(C(N)=O)c3nc(SC(=O)c4ccccc4)n(-c4ccccc4)c3n2)cc1. The second-order valence-corrected chi connectivity index (χ2v) is 36.8. The van der Waals surface area contributed by atoms with Crippen molar-refractivity contribution in [2.75, 3.05) is 20.9 Å². The van der Waals surface area contributed by atoms with Crippen LogP contribution >= 0.6 is 11.8 Å². The number of primary amides is 5. The van der Waals surface area contributed by atoms with Gasteiger partial charge in [-0.2, -0.15) is 0 Å². The lowest BCUT2D eigenvalue weighted by Crippen LogP contribution is -2.25. The normalized spacial score (nSPS) is 13.3. The van der Waals surface area contributed by atoms with Crippen molar-refractivity contribution in [2.45, 2.75) is 136 Å². The molecule has 724 valence electrons. The maximum Gasteiger partial charge on any atom is 0.269 e. The lowest BCUT2D eigenvalue weighted by Gasteiger charge is -2.28. The number of carbonyl (C=O) groups is 6. The number of nitrogens with two attached hydrogens (primary N) is 6. The van der Waals surface area contributed by atoms with Gasteiger partial charge in [0.25, 0.3) is 29.5 Å². The highest BCUT2D eigenvalue weighted by Gasteiger charge is 2.37. The predicted molar refractivity (Wildman–Crippen MR) is 565 cm³/mol. The lowest BCUT2D eigenvalue weighted by atomic mass is 9.95. The number of para-hydroxylation sites is 3. The standard InChI is InChI=1S/C26H19N5O2S.C25H32N6O.C21H19N5O.C20H17N5O.C19H16N6O/c1-16-12-14-17(15-13-16)23-28-20(22(27)32)21-24(30-23)31(19-10-6-3-7-11-19)26(29-21)34-25(33)18-8-4-2-5-9-18;1-16-12-14-17(15-13-16)23-28-20(22(26)32)21-24(30-23)31(19-10-6-3-7-11-19)25(29-21)27-18-8-4-2-5-9-18;1-12-3-7-14(8-4-12)20-24-18(19(23)27)16-11-17(22)26(21(16)25-20)15-9-5-13(2)6-10-15;1-12-7-9-13(10-8-12)19-23-17(18(22)26)15-11-16(21)25(20(15)24-19)14-5-3-2-4-6-14;1-11-7-9-12(10-8-11)17-22-14(16(20)26)15-18(24-17)25(19(21)23-15)13-5-3-2-4-6-13/h2-15H,1H3,(H2,27,32);12-15,18-19H,2-11H2,1H3,(H2,26,32)(H,27,29);3-10,22H,11H2,1-2H3,(H2,23,27);2-10,21H,11H2,1H3,(H2,22,26);2-10H,1H3,(H2,20,26)(H2,21,23). The smallest absolute Gasteiger partial charge is 0.269 e. The first kappa shape index (κ1) is 97.2. The summed E-state index contributed by atoms with van der Waals surface area (Å²) in [6, 6.07) is 84.8. The molecule has 18 aromatic rings. The van der Waals surface area contributed by atoms with E-state index in [1.165, 1.54) is 38.5 Å². The fraction of sp³-hybridized carbons (Fsp3) is 0.180. The molecule has 4 aliphatic rings. The Hall–Kier alpha value is -18.1. The third kappa shape index (κ3) is 21.2. The van der Waals surface area contributed by atoms with Crippen LogP contribution in [0.1, 0.15) is 178 Å². The van der Waals surface area contributed by atoms with Crippen LogP contribution in [0.25, 0.3) is 102 Å². The number of amidine groups is 2. The number of aromatic nitrogens is 16. The van der Waals surface area contributed by atoms with Gasteiger partial charge >= 0.3 is 0 Å². The second kappa shape index (κ2) is 42.5. The molecule has 0 radical (unpaired) electrons. The van der Waals surface area contributed by atoms with Gasteiger partial charge in [0, 0.05) is 86.5 Å². The molecule has 10 heterocycles. The number of benzene rings is 10. The number of nitrogens with zero attached hydrogens (tertiary/aromatic N) is 18. The molecule has 0 spiro atoms. The summed E-state index contributed by atoms with van der Waals surface area (Å²) in [6.45, 7) is 12.0. The fourth-order valence-electron chi connectivity index (χ4n) is 17.8. The molecule has 2 saturated carbocycles. The van der Waals surface area contributed by atoms with Crippen LogP contribution in [0, 0.1) is 52.4 Å². The van der Waals surface area contributed by atoms with Crippen molar-refractivity contribution in [3.63, 3.8) is 0 Å². The third-order valence-corrected chi connectivity index (χ3v) is 26.2. The summed E-state index contributed by atoms with van der Waals surface area (Å²) in [5.41, 5.74) is 53.1. The van der Waals surface area contributed by atoms with Gasteiger partial charge in [-0.3, -0.25) is 63.1 Å². The number of fused-ring (bicyclic) bond motifs is 5. The Bertz CT molecular complexity index is 7980. The maximum absolute atomic E-state index is 13.0. The fourth-order valence-corrected chi connectivity index (χ4v) is 18.7. The van der Waals surface area contributed by atoms with Crippen LogP contribution in [0.5, 0.6) is 0 Å². The Labute approximate surface area is 838 Å². The topological polar surface area (TPSA) is 507 Å². The van der Waals surface area contributed by atoms with Crippen LogP contribution < -0.4 is 49.5 Å². The lowest BCUT2D eigenvalue weighted by molar-refractivity contribution is 0.0986. The van der Waals surface area contributed by atoms with Crippen molar-refractivity contribution in [2.24, 2.45) is 28.7 Å². The molecule has 2 aliphatic heterocycles. The average molecular weight is 1940 g/mol. The van der Waals surface area contributed by atoms with Crippen LogP contribution in [0.2, 0.25) is 0 Å². The van der Waals surface area contributed by atoms with Gasteiger partial charge in [0.05, 0.1) is 5.69 Å². The number of nitrogens with one attached hydrogen (secondary N) is 3. The number of hydrogen-bond acceptors (Lipinski definition) is 24. The van der Waals surface area contributed by atoms with Crippen molar-refractivity contribution >= 4 is 126 Å². The van der Waals surface area contributed by atoms with Gasteiger partial charge in [-0.25, -0.2) is 64.8 Å². The number of aryl methyl sites for hydroxylation is 6. The Morgan fingerprint density at radius 1 is 0.324 bits per heavy atom. The molecule has 2 fully saturated rings. The monoisotopic (exact) mass is 1940 g/mol. The molecule has 0 unspecified atom stereocenters. The minimum atomic E-state index is -0.718. The highest BCUT2D eigenvalue weighted by Crippen LogP contribution is 2.43. The molecule has 15 N–H and O–H groups in total. The summed E-state index contributed by atoms with van der Waals surface area (Å²) < 4.78 is 5.68. The zero-order chi connectivity index (χ0) is 101. The molecule has 0 bridgehead atoms. The van der Waals surface area contributed by atoms with E-state index in [1.807, 2.05) is 284 Å². The summed E-state index contributed by atoms with van der Waals surface area (Å²) in [5.74, 6) is 1.72. The Kier molecular flexibility index (Phi) is 28.5. The molecule has 0 saturated heterocycles. The Morgan fingerprint density at radius 3 is 1.02 bits per heavy atom. The number of imidazole rings is 3. The van der Waals surface area contributed by atoms with E-state index in [2.05, 4.69) is 54.7 Å². The number of rotatable bonds is 19. The number of hydrogen-bond donors (Lipinski definition) is 9. The summed E-state index contributed by atoms with van der Waals surface area (Å²) in [6.07, 6.45) is 12.5. The van der Waals surface area contributed by atoms with Crippen LogP contribution in [-0.2, 0) is 12.8 Å². The first-order chi connectivity index (χ1) is 70.1. The molecule has 33 nitrogen and oxygen atoms in total. The summed E-state index contributed by atoms with van der Waals surface area (Å²) in [5, 5.41) is 20.7. The van der Waals surface area contributed by atoms with E-state index in [1.54, 1.807) is 43.2 Å². The van der Waals surface area contributed by atoms with Gasteiger partial charge in [-0.1, -0.05) is 290 Å². The molecule has 8 aromatic heterocycles. The van der Waals surface area contributed by atoms with E-state index in [0.29, 0.717) is 103 Å². The molecular formula is C111H103N27O6S. The van der Waals surface area contributed by atoms with E-state index in [0.717, 1.165) is 133 Å². The summed E-state index contributed by atoms with van der Waals surface area (Å²) >= 11 is 0.961. The minimum absolute atomic E-state index is 0.00395. The van der Waals surface area contributed by atoms with Crippen molar-refractivity contribution in [3.8, 4) is 68.3 Å². The van der Waals surface area contributed by atoms with Crippen LogP contribution in [0.3, 0.4) is 0 Å². The first-order valence-corrected chi connectivity index (χ1v) is 48.3. The molecule has 145 heavy (non-hydrogen) atoms. The van der Waals surface area contributed by atoms with Crippen molar-refractivity contribution < 1.29 is 28.8 Å². The summed E-state index contributed by atoms with van der Waals surface area (Å²) in [7, 11) is 0. The minimum Gasteiger partial charge on any atom is -0.369 e. The number of thioether (sulfide) groups is 1. The number of anilines is 6. The van der Waals surface area contributed by atoms with Gasteiger partial charge in [-0.05, 0) is 128 Å². The number of nitrogen functional groups attached to an aromatic ring is 1. The predicted octanol–water partition coefficient (Wildman–Crippen LogP) is 19.2. The van der Waals surface area contributed by atoms with Gasteiger partial charge < -0.3 is 39.7 Å². The molecule has 22 rings (SSSR count). The van der Waals surface area contributed by atoms with Crippen molar-refractivity contribution in [1.29, 1.82) is 10.8 Å². The molecule has 34 heteroatoms. The van der Waals surface area contributed by atoms with Gasteiger partial charge in [-0.15, -0.1) is 0 Å². The number of amides is 5. The largest absolute Gasteiger partial charge is 0.369 e. The quantitative estimate of drug-likeness (QED) is 0.0340. The van der Waals surface area contributed by atoms with Crippen LogP contribution in [0.4, 0.5) is 34.9 Å². The molecule has 10 aromatic carbocycles. The zero-order valence-corrected chi connectivity index (χ0v) is 81.2. The molecule has 5 amide bonds. The second-order valence-electron chi connectivity index (χ2n) is 35.9. The van der Waals surface area contributed by atoms with Crippen LogP contribution in [0.15, 0.2) is 272 Å². The van der Waals surface area contributed by atoms with E-state index in [-0.39, 0.29) is 63.4 Å². The highest BCUT2D eigenvalue weighted by atomic mass is 32.2. The molecule has 0 atom stereocenters. The van der Waals surface area contributed by atoms with Gasteiger partial charge in [0.15, 0.2) is 68.3 Å². The van der Waals surface area contributed by atoms with E-state index in [9.17, 15) is 28.8 Å².